The Kier molecular flexibility index (Phi) is 42.4. The summed E-state index contributed by atoms with van der Waals surface area (Å²) in [5.74, 6) is -1.48. The van der Waals surface area contributed by atoms with Gasteiger partial charge in [0.05, 0.1) is 34.4 Å². The largest absolute Gasteiger partial charge is 0.477 e. The van der Waals surface area contributed by atoms with E-state index in [-0.39, 0.29) is 36.2 Å². The number of carbonyl (C=O) groups is 3. The van der Waals surface area contributed by atoms with Gasteiger partial charge >= 0.3 is 17.9 Å². The number of carbonyl (C=O) groups excluding carboxylic acids is 2. The fraction of sp³-hybridized carbons (Fsp3) is 0.830. The maximum absolute atomic E-state index is 12.8. The van der Waals surface area contributed by atoms with Gasteiger partial charge in [-0.1, -0.05) is 185 Å². The van der Waals surface area contributed by atoms with E-state index in [1.807, 2.05) is 21.1 Å². The first-order chi connectivity index (χ1) is 29.6. The second kappa shape index (κ2) is 44.2. The fourth-order valence-electron chi connectivity index (χ4n) is 7.55. The molecule has 0 saturated heterocycles. The molecule has 0 heterocycles. The lowest BCUT2D eigenvalue weighted by atomic mass is 10.0. The summed E-state index contributed by atoms with van der Waals surface area (Å²) in [4.78, 5) is 37.1. The summed E-state index contributed by atoms with van der Waals surface area (Å²) < 4.78 is 17.3. The molecule has 0 aromatic carbocycles. The average Bonchev–Trinajstić information content (AvgIpc) is 3.22. The summed E-state index contributed by atoms with van der Waals surface area (Å²) in [5.41, 5.74) is 0. The number of carboxylic acid groups (broad SMARTS) is 1. The molecular formula is C53H98NO7+. The number of unbranched alkanes of at least 4 members (excludes halogenated alkanes) is 27. The Bertz CT molecular complexity index is 1090. The van der Waals surface area contributed by atoms with Crippen molar-refractivity contribution in [3.8, 4) is 0 Å². The number of nitrogens with zero attached hydrogens (tertiary/aromatic N) is 1. The van der Waals surface area contributed by atoms with Crippen LogP contribution in [0.25, 0.3) is 0 Å². The standard InChI is InChI=1S/C53H97NO7/c1-6-8-10-12-14-16-18-20-22-23-24-25-26-27-28-30-32-34-36-38-40-42-44-52(56)61-49(47-59-46-45-50(53(57)58)54(3,4)5)48-60-51(55)43-41-39-37-35-33-31-29-21-19-17-15-13-11-9-7-2/h15,17,19,21,26-27,49-50H,6-14,16,18,20,22-25,28-48H2,1-5H3/p+1/b17-15+,21-19+,27-26+. The highest BCUT2D eigenvalue weighted by molar-refractivity contribution is 5.72. The number of hydrogen-bond acceptors (Lipinski definition) is 6. The van der Waals surface area contributed by atoms with Gasteiger partial charge in [0, 0.05) is 19.3 Å². The van der Waals surface area contributed by atoms with E-state index in [9.17, 15) is 19.5 Å². The zero-order valence-electron chi connectivity index (χ0n) is 40.6. The predicted molar refractivity (Wildman–Crippen MR) is 257 cm³/mol. The van der Waals surface area contributed by atoms with Crippen LogP contribution in [0.3, 0.4) is 0 Å². The van der Waals surface area contributed by atoms with Crippen LogP contribution in [0, 0.1) is 0 Å². The van der Waals surface area contributed by atoms with E-state index in [0.29, 0.717) is 19.3 Å². The number of ether oxygens (including phenoxy) is 3. The molecule has 0 amide bonds. The molecule has 0 aliphatic heterocycles. The van der Waals surface area contributed by atoms with Gasteiger partial charge in [-0.3, -0.25) is 9.59 Å². The molecule has 2 atom stereocenters. The van der Waals surface area contributed by atoms with Gasteiger partial charge in [0.25, 0.3) is 0 Å². The van der Waals surface area contributed by atoms with Crippen LogP contribution >= 0.6 is 0 Å². The Morgan fingerprint density at radius 2 is 0.869 bits per heavy atom. The van der Waals surface area contributed by atoms with Crippen LogP contribution in [0.4, 0.5) is 0 Å². The van der Waals surface area contributed by atoms with Gasteiger partial charge in [-0.2, -0.15) is 0 Å². The zero-order chi connectivity index (χ0) is 44.9. The molecule has 0 spiro atoms. The first-order valence-corrected chi connectivity index (χ1v) is 25.5. The second-order valence-electron chi connectivity index (χ2n) is 18.4. The third kappa shape index (κ3) is 42.6. The molecule has 0 aliphatic rings. The van der Waals surface area contributed by atoms with Crippen molar-refractivity contribution in [1.29, 1.82) is 0 Å². The normalized spacial score (nSPS) is 13.1. The van der Waals surface area contributed by atoms with Crippen LogP contribution in [0.15, 0.2) is 36.5 Å². The van der Waals surface area contributed by atoms with Crippen molar-refractivity contribution in [2.45, 2.75) is 244 Å². The third-order valence-electron chi connectivity index (χ3n) is 11.5. The Labute approximate surface area is 376 Å². The molecule has 356 valence electrons. The summed E-state index contributed by atoms with van der Waals surface area (Å²) >= 11 is 0. The van der Waals surface area contributed by atoms with Crippen LogP contribution in [0.5, 0.6) is 0 Å². The molecular weight excluding hydrogens is 763 g/mol. The van der Waals surface area contributed by atoms with E-state index in [1.165, 1.54) is 154 Å². The molecule has 0 aliphatic carbocycles. The van der Waals surface area contributed by atoms with Crippen molar-refractivity contribution < 1.29 is 38.2 Å². The van der Waals surface area contributed by atoms with Gasteiger partial charge in [-0.05, 0) is 64.2 Å². The minimum atomic E-state index is -0.876. The molecule has 0 aromatic heterocycles. The van der Waals surface area contributed by atoms with Gasteiger partial charge < -0.3 is 23.8 Å². The van der Waals surface area contributed by atoms with E-state index < -0.39 is 18.1 Å². The Morgan fingerprint density at radius 1 is 0.492 bits per heavy atom. The predicted octanol–water partition coefficient (Wildman–Crippen LogP) is 14.6. The molecule has 0 bridgehead atoms. The lowest BCUT2D eigenvalue weighted by Crippen LogP contribution is -2.50. The molecule has 0 saturated carbocycles. The number of allylic oxidation sites excluding steroid dienone is 6. The highest BCUT2D eigenvalue weighted by Gasteiger charge is 2.31. The number of likely N-dealkylation sites (N-methyl/N-ethyl adjacent to an activating group) is 1. The summed E-state index contributed by atoms with van der Waals surface area (Å²) in [6.07, 6.45) is 51.9. The second-order valence-corrected chi connectivity index (χ2v) is 18.4. The number of quaternary nitrogens is 1. The maximum atomic E-state index is 12.8. The van der Waals surface area contributed by atoms with Crippen molar-refractivity contribution >= 4 is 17.9 Å². The van der Waals surface area contributed by atoms with Gasteiger partial charge in [0.1, 0.15) is 6.61 Å². The molecule has 0 fully saturated rings. The monoisotopic (exact) mass is 861 g/mol. The van der Waals surface area contributed by atoms with Crippen LogP contribution in [0.2, 0.25) is 0 Å². The number of aliphatic carboxylic acids is 1. The summed E-state index contributed by atoms with van der Waals surface area (Å²) in [6.45, 7) is 4.72. The zero-order valence-corrected chi connectivity index (χ0v) is 40.6. The quantitative estimate of drug-likeness (QED) is 0.0214. The molecule has 8 nitrogen and oxygen atoms in total. The number of rotatable bonds is 46. The van der Waals surface area contributed by atoms with Gasteiger partial charge in [-0.25, -0.2) is 4.79 Å². The SMILES string of the molecule is CCCCC/C=C/C=C/CCCCCCCCC(=O)OCC(COCCC(C(=O)O)[N+](C)(C)C)OC(=O)CCCCCCCCC/C=C/CCCCCCCCCCCCC. The molecule has 2 unspecified atom stereocenters. The Hall–Kier alpha value is -2.45. The van der Waals surface area contributed by atoms with Crippen LogP contribution < -0.4 is 0 Å². The topological polar surface area (TPSA) is 99.1 Å². The number of esters is 2. The third-order valence-corrected chi connectivity index (χ3v) is 11.5. The van der Waals surface area contributed by atoms with E-state index in [0.717, 1.165) is 44.9 Å². The van der Waals surface area contributed by atoms with Crippen LogP contribution in [-0.2, 0) is 28.6 Å². The molecule has 8 heteroatoms. The van der Waals surface area contributed by atoms with Gasteiger partial charge in [0.2, 0.25) is 0 Å². The lowest BCUT2D eigenvalue weighted by Gasteiger charge is -2.31. The lowest BCUT2D eigenvalue weighted by molar-refractivity contribution is -0.887. The van der Waals surface area contributed by atoms with Crippen molar-refractivity contribution in [3.05, 3.63) is 36.5 Å². The minimum Gasteiger partial charge on any atom is -0.477 e. The van der Waals surface area contributed by atoms with E-state index >= 15 is 0 Å². The van der Waals surface area contributed by atoms with Crippen molar-refractivity contribution in [1.82, 2.24) is 0 Å². The van der Waals surface area contributed by atoms with Crippen LogP contribution in [0.1, 0.15) is 232 Å². The molecule has 0 rings (SSSR count). The first kappa shape index (κ1) is 58.6. The first-order valence-electron chi connectivity index (χ1n) is 25.5. The Balaban J connectivity index is 4.24. The minimum absolute atomic E-state index is 0.0570. The summed E-state index contributed by atoms with van der Waals surface area (Å²) in [6, 6.07) is -0.617. The molecule has 0 aromatic rings. The molecule has 61 heavy (non-hydrogen) atoms. The van der Waals surface area contributed by atoms with E-state index in [4.69, 9.17) is 14.2 Å². The summed E-state index contributed by atoms with van der Waals surface area (Å²) in [5, 5.41) is 9.65. The maximum Gasteiger partial charge on any atom is 0.362 e. The highest BCUT2D eigenvalue weighted by Crippen LogP contribution is 2.15. The molecule has 0 radical (unpaired) electrons. The smallest absolute Gasteiger partial charge is 0.362 e. The fourth-order valence-corrected chi connectivity index (χ4v) is 7.55. The van der Waals surface area contributed by atoms with Crippen molar-refractivity contribution in [2.75, 3.05) is 41.0 Å². The van der Waals surface area contributed by atoms with E-state index in [2.05, 4.69) is 50.3 Å². The van der Waals surface area contributed by atoms with Gasteiger partial charge in [0.15, 0.2) is 12.1 Å². The van der Waals surface area contributed by atoms with Gasteiger partial charge in [-0.15, -0.1) is 0 Å². The van der Waals surface area contributed by atoms with E-state index in [1.54, 1.807) is 0 Å². The van der Waals surface area contributed by atoms with Crippen LogP contribution in [-0.4, -0.2) is 80.6 Å². The average molecular weight is 861 g/mol. The Morgan fingerprint density at radius 3 is 1.31 bits per heavy atom. The van der Waals surface area contributed by atoms with Crippen molar-refractivity contribution in [2.24, 2.45) is 0 Å². The highest BCUT2D eigenvalue weighted by atomic mass is 16.6. The number of carboxylic acids is 1. The van der Waals surface area contributed by atoms with Crippen molar-refractivity contribution in [3.63, 3.8) is 0 Å². The number of hydrogen-bond donors (Lipinski definition) is 1. The molecule has 1 N–H and O–H groups in total. The summed E-state index contributed by atoms with van der Waals surface area (Å²) in [7, 11) is 5.53.